The molecule has 0 aliphatic heterocycles. The molecule has 0 aliphatic rings. The fraction of sp³-hybridized carbons (Fsp3) is 0.692. The van der Waals surface area contributed by atoms with E-state index in [4.69, 9.17) is 0 Å². The number of hydrogen-bond acceptors (Lipinski definition) is 2. The molecule has 2 nitrogen and oxygen atoms in total. The highest BCUT2D eigenvalue weighted by Gasteiger charge is 2.05. The SMILES string of the molecule is CCCCCCCCCCCC(C)Nc1ccc(Cc2ccc(NC(C)CCCCCCCCCCC)cc2)cc1. The zero-order valence-corrected chi connectivity index (χ0v) is 27.6. The van der Waals surface area contributed by atoms with E-state index in [0.29, 0.717) is 12.1 Å². The molecule has 0 heterocycles. The maximum Gasteiger partial charge on any atom is 0.0342 e. The normalized spacial score (nSPS) is 12.8. The van der Waals surface area contributed by atoms with Crippen LogP contribution in [0.25, 0.3) is 0 Å². The molecule has 2 aromatic rings. The molecule has 2 aromatic carbocycles. The van der Waals surface area contributed by atoms with Crippen LogP contribution in [0.1, 0.15) is 167 Å². The first-order valence-corrected chi connectivity index (χ1v) is 17.8. The predicted molar refractivity (Wildman–Crippen MR) is 186 cm³/mol. The minimum Gasteiger partial charge on any atom is -0.383 e. The van der Waals surface area contributed by atoms with Gasteiger partial charge in [-0.2, -0.15) is 0 Å². The Morgan fingerprint density at radius 2 is 0.707 bits per heavy atom. The van der Waals surface area contributed by atoms with Gasteiger partial charge in [0.1, 0.15) is 0 Å². The quantitative estimate of drug-likeness (QED) is 0.111. The van der Waals surface area contributed by atoms with Crippen LogP contribution >= 0.6 is 0 Å². The van der Waals surface area contributed by atoms with Crippen molar-refractivity contribution in [2.24, 2.45) is 0 Å². The van der Waals surface area contributed by atoms with Crippen LogP contribution in [-0.2, 0) is 6.42 Å². The molecular weight excluding hydrogens is 496 g/mol. The summed E-state index contributed by atoms with van der Waals surface area (Å²) in [7, 11) is 0. The van der Waals surface area contributed by atoms with E-state index in [1.807, 2.05) is 0 Å². The molecule has 0 aliphatic carbocycles. The summed E-state index contributed by atoms with van der Waals surface area (Å²) in [6, 6.07) is 19.2. The molecular formula is C39H66N2. The fourth-order valence-electron chi connectivity index (χ4n) is 5.91. The van der Waals surface area contributed by atoms with Gasteiger partial charge in [0.05, 0.1) is 0 Å². The molecule has 2 N–H and O–H groups in total. The van der Waals surface area contributed by atoms with Crippen LogP contribution in [0.3, 0.4) is 0 Å². The first-order chi connectivity index (χ1) is 20.1. The molecule has 41 heavy (non-hydrogen) atoms. The lowest BCUT2D eigenvalue weighted by atomic mass is 10.0. The molecule has 0 radical (unpaired) electrons. The van der Waals surface area contributed by atoms with Crippen molar-refractivity contribution in [3.05, 3.63) is 59.7 Å². The zero-order chi connectivity index (χ0) is 29.4. The summed E-state index contributed by atoms with van der Waals surface area (Å²) < 4.78 is 0. The van der Waals surface area contributed by atoms with E-state index < -0.39 is 0 Å². The Hall–Kier alpha value is -1.96. The van der Waals surface area contributed by atoms with Crippen molar-refractivity contribution >= 4 is 11.4 Å². The van der Waals surface area contributed by atoms with Gasteiger partial charge in [-0.1, -0.05) is 154 Å². The molecule has 0 amide bonds. The second-order valence-electron chi connectivity index (χ2n) is 12.9. The summed E-state index contributed by atoms with van der Waals surface area (Å²) in [5.74, 6) is 0. The smallest absolute Gasteiger partial charge is 0.0342 e. The van der Waals surface area contributed by atoms with Gasteiger partial charge >= 0.3 is 0 Å². The third kappa shape index (κ3) is 18.2. The molecule has 0 saturated carbocycles. The first-order valence-electron chi connectivity index (χ1n) is 17.8. The zero-order valence-electron chi connectivity index (χ0n) is 27.6. The largest absolute Gasteiger partial charge is 0.383 e. The monoisotopic (exact) mass is 563 g/mol. The molecule has 2 rings (SSSR count). The molecule has 0 fully saturated rings. The standard InChI is InChI=1S/C39H66N2/c1-5-7-9-11-13-15-17-19-21-23-34(3)40-38-29-25-36(26-30-38)33-37-27-31-39(32-28-37)41-35(4)24-22-20-18-16-14-12-10-8-6-2/h25-32,34-35,40-41H,5-24,33H2,1-4H3. The van der Waals surface area contributed by atoms with Crippen LogP contribution in [0.5, 0.6) is 0 Å². The second kappa shape index (κ2) is 23.6. The van der Waals surface area contributed by atoms with Crippen molar-refractivity contribution in [3.63, 3.8) is 0 Å². The number of anilines is 2. The van der Waals surface area contributed by atoms with E-state index in [2.05, 4.69) is 86.9 Å². The van der Waals surface area contributed by atoms with Gasteiger partial charge in [0, 0.05) is 23.5 Å². The molecule has 0 saturated heterocycles. The van der Waals surface area contributed by atoms with E-state index in [0.717, 1.165) is 6.42 Å². The Balaban J connectivity index is 1.57. The van der Waals surface area contributed by atoms with Crippen molar-refractivity contribution in [1.29, 1.82) is 0 Å². The van der Waals surface area contributed by atoms with Crippen LogP contribution in [0.4, 0.5) is 11.4 Å². The third-order valence-corrected chi connectivity index (χ3v) is 8.62. The number of nitrogens with one attached hydrogen (secondary N) is 2. The van der Waals surface area contributed by atoms with Gasteiger partial charge in [-0.05, 0) is 68.5 Å². The van der Waals surface area contributed by atoms with Crippen molar-refractivity contribution < 1.29 is 0 Å². The lowest BCUT2D eigenvalue weighted by Crippen LogP contribution is -2.14. The number of rotatable bonds is 26. The average Bonchev–Trinajstić information content (AvgIpc) is 2.97. The van der Waals surface area contributed by atoms with Crippen molar-refractivity contribution in [2.75, 3.05) is 10.6 Å². The third-order valence-electron chi connectivity index (χ3n) is 8.62. The molecule has 0 spiro atoms. The minimum absolute atomic E-state index is 0.535. The van der Waals surface area contributed by atoms with Crippen molar-refractivity contribution in [1.82, 2.24) is 0 Å². The summed E-state index contributed by atoms with van der Waals surface area (Å²) in [4.78, 5) is 0. The Labute approximate surface area is 255 Å². The molecule has 2 unspecified atom stereocenters. The van der Waals surface area contributed by atoms with E-state index in [-0.39, 0.29) is 0 Å². The minimum atomic E-state index is 0.535. The van der Waals surface area contributed by atoms with Crippen LogP contribution < -0.4 is 10.6 Å². The van der Waals surface area contributed by atoms with Crippen LogP contribution in [0, 0.1) is 0 Å². The fourth-order valence-corrected chi connectivity index (χ4v) is 5.91. The maximum absolute atomic E-state index is 3.71. The first kappa shape index (κ1) is 35.2. The molecule has 2 heteroatoms. The van der Waals surface area contributed by atoms with Gasteiger partial charge in [0.2, 0.25) is 0 Å². The van der Waals surface area contributed by atoms with Gasteiger partial charge in [-0.15, -0.1) is 0 Å². The molecule has 0 aromatic heterocycles. The molecule has 0 bridgehead atoms. The van der Waals surface area contributed by atoms with Gasteiger partial charge in [-0.3, -0.25) is 0 Å². The molecule has 232 valence electrons. The van der Waals surface area contributed by atoms with Crippen molar-refractivity contribution in [2.45, 2.75) is 175 Å². The number of unbranched alkanes of at least 4 members (excludes halogenated alkanes) is 16. The van der Waals surface area contributed by atoms with Gasteiger partial charge in [-0.25, -0.2) is 0 Å². The average molecular weight is 563 g/mol. The summed E-state index contributed by atoms with van der Waals surface area (Å²) in [5.41, 5.74) is 5.25. The molecule has 2 atom stereocenters. The van der Waals surface area contributed by atoms with Crippen molar-refractivity contribution in [3.8, 4) is 0 Å². The highest BCUT2D eigenvalue weighted by molar-refractivity contribution is 5.48. The predicted octanol–water partition coefficient (Wildman–Crippen LogP) is 12.7. The lowest BCUT2D eigenvalue weighted by molar-refractivity contribution is 0.544. The lowest BCUT2D eigenvalue weighted by Gasteiger charge is -2.16. The van der Waals surface area contributed by atoms with Crippen LogP contribution in [-0.4, -0.2) is 12.1 Å². The van der Waals surface area contributed by atoms with Gasteiger partial charge in [0.15, 0.2) is 0 Å². The second-order valence-corrected chi connectivity index (χ2v) is 12.9. The van der Waals surface area contributed by atoms with E-state index in [1.54, 1.807) is 0 Å². The highest BCUT2D eigenvalue weighted by atomic mass is 14.9. The van der Waals surface area contributed by atoms with Crippen LogP contribution in [0.2, 0.25) is 0 Å². The summed E-state index contributed by atoms with van der Waals surface area (Å²) in [6.45, 7) is 9.24. The Bertz CT molecular complexity index is 769. The summed E-state index contributed by atoms with van der Waals surface area (Å²) in [5, 5.41) is 7.42. The van der Waals surface area contributed by atoms with Gasteiger partial charge < -0.3 is 10.6 Å². The Kier molecular flexibility index (Phi) is 20.3. The van der Waals surface area contributed by atoms with Gasteiger partial charge in [0.25, 0.3) is 0 Å². The summed E-state index contributed by atoms with van der Waals surface area (Å²) >= 11 is 0. The Morgan fingerprint density at radius 3 is 1.02 bits per heavy atom. The van der Waals surface area contributed by atoms with E-state index in [1.165, 1.54) is 151 Å². The number of benzene rings is 2. The maximum atomic E-state index is 3.71. The topological polar surface area (TPSA) is 24.1 Å². The Morgan fingerprint density at radius 1 is 0.415 bits per heavy atom. The summed E-state index contributed by atoms with van der Waals surface area (Å²) in [6.07, 6.45) is 28.7. The van der Waals surface area contributed by atoms with E-state index in [9.17, 15) is 0 Å². The number of hydrogen-bond donors (Lipinski definition) is 2. The van der Waals surface area contributed by atoms with Crippen LogP contribution in [0.15, 0.2) is 48.5 Å². The highest BCUT2D eigenvalue weighted by Crippen LogP contribution is 2.19. The van der Waals surface area contributed by atoms with E-state index >= 15 is 0 Å².